The predicted molar refractivity (Wildman–Crippen MR) is 69.9 cm³/mol. The molecule has 0 amide bonds. The zero-order chi connectivity index (χ0) is 16.3. The second-order valence-corrected chi connectivity index (χ2v) is 4.27. The van der Waals surface area contributed by atoms with E-state index in [0.717, 1.165) is 18.2 Å². The number of carbonyl (C=O) groups excluding carboxylic acids is 1. The summed E-state index contributed by atoms with van der Waals surface area (Å²) in [6.07, 6.45) is -4.22. The zero-order valence-electron chi connectivity index (χ0n) is 11.3. The first-order valence-electron chi connectivity index (χ1n) is 6.03. The third-order valence-corrected chi connectivity index (χ3v) is 2.82. The summed E-state index contributed by atoms with van der Waals surface area (Å²) in [6, 6.07) is 5.98. The molecule has 0 unspecified atom stereocenters. The molecule has 0 aliphatic carbocycles. The number of methoxy groups -OCH3 is 1. The number of alkyl halides is 3. The number of ether oxygens (including phenoxy) is 2. The van der Waals surface area contributed by atoms with Gasteiger partial charge in [0, 0.05) is 6.07 Å². The maximum Gasteiger partial charge on any atom is 0.416 e. The highest BCUT2D eigenvalue weighted by atomic mass is 19.4. The van der Waals surface area contributed by atoms with Crippen molar-refractivity contribution in [1.82, 2.24) is 0 Å². The van der Waals surface area contributed by atoms with Gasteiger partial charge in [0.25, 0.3) is 0 Å². The second-order valence-electron chi connectivity index (χ2n) is 4.27. The van der Waals surface area contributed by atoms with E-state index in [4.69, 9.17) is 9.47 Å². The van der Waals surface area contributed by atoms with Crippen molar-refractivity contribution >= 4 is 6.29 Å². The van der Waals surface area contributed by atoms with E-state index in [1.165, 1.54) is 19.2 Å². The second kappa shape index (κ2) is 6.05. The summed E-state index contributed by atoms with van der Waals surface area (Å²) in [4.78, 5) is 10.9. The maximum absolute atomic E-state index is 13.5. The number of hydrogen-bond donors (Lipinski definition) is 0. The molecular weight excluding hydrogens is 304 g/mol. The molecule has 0 aromatic heterocycles. The Bertz CT molecular complexity index is 696. The van der Waals surface area contributed by atoms with Crippen LogP contribution in [0.4, 0.5) is 17.6 Å². The molecule has 0 saturated heterocycles. The quantitative estimate of drug-likeness (QED) is 0.617. The lowest BCUT2D eigenvalue weighted by Crippen LogP contribution is -2.05. The number of aldehydes is 1. The van der Waals surface area contributed by atoms with Gasteiger partial charge in [0.15, 0.2) is 17.9 Å². The molecule has 0 bridgehead atoms. The van der Waals surface area contributed by atoms with E-state index in [0.29, 0.717) is 12.4 Å². The third kappa shape index (κ3) is 3.36. The lowest BCUT2D eigenvalue weighted by atomic mass is 10.1. The van der Waals surface area contributed by atoms with Crippen LogP contribution in [-0.2, 0) is 6.18 Å². The van der Waals surface area contributed by atoms with Gasteiger partial charge in [-0.2, -0.15) is 13.2 Å². The van der Waals surface area contributed by atoms with Crippen molar-refractivity contribution in [3.05, 3.63) is 53.3 Å². The molecule has 0 aliphatic rings. The van der Waals surface area contributed by atoms with Gasteiger partial charge in [-0.15, -0.1) is 0 Å². The molecule has 0 heterocycles. The van der Waals surface area contributed by atoms with Crippen molar-refractivity contribution in [3.63, 3.8) is 0 Å². The summed E-state index contributed by atoms with van der Waals surface area (Å²) in [5, 5.41) is 0. The lowest BCUT2D eigenvalue weighted by Gasteiger charge is -2.12. The van der Waals surface area contributed by atoms with Gasteiger partial charge < -0.3 is 9.47 Å². The Balaban J connectivity index is 2.39. The number of hydrogen-bond acceptors (Lipinski definition) is 3. The predicted octanol–water partition coefficient (Wildman–Crippen LogP) is 4.46. The molecule has 2 aromatic carbocycles. The Morgan fingerprint density at radius 3 is 2.32 bits per heavy atom. The highest BCUT2D eigenvalue weighted by Gasteiger charge is 2.31. The summed E-state index contributed by atoms with van der Waals surface area (Å²) >= 11 is 0. The van der Waals surface area contributed by atoms with Gasteiger partial charge in [-0.25, -0.2) is 4.39 Å². The molecule has 2 rings (SSSR count). The van der Waals surface area contributed by atoms with E-state index in [1.54, 1.807) is 0 Å². The minimum Gasteiger partial charge on any atom is -0.494 e. The molecule has 116 valence electrons. The van der Waals surface area contributed by atoms with Crippen molar-refractivity contribution < 1.29 is 31.8 Å². The first kappa shape index (κ1) is 15.8. The van der Waals surface area contributed by atoms with Gasteiger partial charge >= 0.3 is 6.18 Å². The molecular formula is C15H10F4O3. The molecule has 7 heteroatoms. The Labute approximate surface area is 123 Å². The minimum atomic E-state index is -4.58. The fourth-order valence-corrected chi connectivity index (χ4v) is 1.73. The van der Waals surface area contributed by atoms with Gasteiger partial charge in [-0.3, -0.25) is 4.79 Å². The highest BCUT2D eigenvalue weighted by molar-refractivity contribution is 5.79. The number of rotatable bonds is 4. The van der Waals surface area contributed by atoms with Crippen LogP contribution in [-0.4, -0.2) is 13.4 Å². The van der Waals surface area contributed by atoms with Gasteiger partial charge in [-0.1, -0.05) is 0 Å². The van der Waals surface area contributed by atoms with Crippen LogP contribution < -0.4 is 9.47 Å². The molecule has 2 aromatic rings. The molecule has 0 aliphatic heterocycles. The number of halogens is 4. The Hall–Kier alpha value is -2.57. The first-order valence-corrected chi connectivity index (χ1v) is 6.03. The Morgan fingerprint density at radius 1 is 1.05 bits per heavy atom. The van der Waals surface area contributed by atoms with Crippen LogP contribution in [0.25, 0.3) is 0 Å². The van der Waals surface area contributed by atoms with Crippen molar-refractivity contribution in [3.8, 4) is 17.2 Å². The average molecular weight is 314 g/mol. The van der Waals surface area contributed by atoms with Gasteiger partial charge in [0.05, 0.1) is 18.2 Å². The van der Waals surface area contributed by atoms with Crippen LogP contribution in [0.15, 0.2) is 36.4 Å². The molecule has 22 heavy (non-hydrogen) atoms. The van der Waals surface area contributed by atoms with Crippen molar-refractivity contribution in [2.24, 2.45) is 0 Å². The third-order valence-electron chi connectivity index (χ3n) is 2.82. The van der Waals surface area contributed by atoms with Crippen LogP contribution >= 0.6 is 0 Å². The molecule has 3 nitrogen and oxygen atoms in total. The Morgan fingerprint density at radius 2 is 1.77 bits per heavy atom. The molecule has 0 spiro atoms. The van der Waals surface area contributed by atoms with Crippen molar-refractivity contribution in [2.45, 2.75) is 6.18 Å². The summed E-state index contributed by atoms with van der Waals surface area (Å²) in [5.41, 5.74) is -1.05. The fraction of sp³-hybridized carbons (Fsp3) is 0.133. The minimum absolute atomic E-state index is 0.0352. The molecule has 0 fully saturated rings. The standard InChI is InChI=1S/C15H10F4O3/c1-21-13-5-4-11(7-12(13)16)22-14-6-10(15(17,18)19)3-2-9(14)8-20/h2-8H,1H3. The van der Waals surface area contributed by atoms with Crippen molar-refractivity contribution in [2.75, 3.05) is 7.11 Å². The average Bonchev–Trinajstić information content (AvgIpc) is 2.46. The van der Waals surface area contributed by atoms with E-state index in [2.05, 4.69) is 0 Å². The fourth-order valence-electron chi connectivity index (χ4n) is 1.73. The van der Waals surface area contributed by atoms with Crippen LogP contribution in [0.1, 0.15) is 15.9 Å². The zero-order valence-corrected chi connectivity index (χ0v) is 11.3. The SMILES string of the molecule is COc1ccc(Oc2cc(C(F)(F)F)ccc2C=O)cc1F. The Kier molecular flexibility index (Phi) is 4.35. The van der Waals surface area contributed by atoms with Crippen LogP contribution in [0.2, 0.25) is 0 Å². The van der Waals surface area contributed by atoms with E-state index in [-0.39, 0.29) is 22.8 Å². The van der Waals surface area contributed by atoms with Crippen LogP contribution in [0.5, 0.6) is 17.2 Å². The van der Waals surface area contributed by atoms with Crippen LogP contribution in [0.3, 0.4) is 0 Å². The number of benzene rings is 2. The van der Waals surface area contributed by atoms with E-state index >= 15 is 0 Å². The highest BCUT2D eigenvalue weighted by Crippen LogP contribution is 2.35. The monoisotopic (exact) mass is 314 g/mol. The largest absolute Gasteiger partial charge is 0.494 e. The van der Waals surface area contributed by atoms with Crippen molar-refractivity contribution in [1.29, 1.82) is 0 Å². The van der Waals surface area contributed by atoms with Crippen LogP contribution in [0, 0.1) is 5.82 Å². The van der Waals surface area contributed by atoms with Gasteiger partial charge in [-0.05, 0) is 30.3 Å². The van der Waals surface area contributed by atoms with E-state index in [1.807, 2.05) is 0 Å². The maximum atomic E-state index is 13.5. The molecule has 0 atom stereocenters. The molecule has 0 radical (unpaired) electrons. The first-order chi connectivity index (χ1) is 10.3. The smallest absolute Gasteiger partial charge is 0.416 e. The summed E-state index contributed by atoms with van der Waals surface area (Å²) in [6.45, 7) is 0. The summed E-state index contributed by atoms with van der Waals surface area (Å²) < 4.78 is 61.5. The van der Waals surface area contributed by atoms with E-state index in [9.17, 15) is 22.4 Å². The molecule has 0 saturated carbocycles. The normalized spacial score (nSPS) is 11.1. The molecule has 0 N–H and O–H groups in total. The lowest BCUT2D eigenvalue weighted by molar-refractivity contribution is -0.137. The summed E-state index contributed by atoms with van der Waals surface area (Å²) in [5.74, 6) is -1.14. The van der Waals surface area contributed by atoms with Gasteiger partial charge in [0.2, 0.25) is 0 Å². The van der Waals surface area contributed by atoms with E-state index < -0.39 is 17.6 Å². The topological polar surface area (TPSA) is 35.5 Å². The number of carbonyl (C=O) groups is 1. The summed E-state index contributed by atoms with van der Waals surface area (Å²) in [7, 11) is 1.27. The van der Waals surface area contributed by atoms with Gasteiger partial charge in [0.1, 0.15) is 11.5 Å².